The zero-order chi connectivity index (χ0) is 26.2. The molecule has 9 nitrogen and oxygen atoms in total. The van der Waals surface area contributed by atoms with Crippen LogP contribution >= 0.6 is 0 Å². The molecule has 1 saturated heterocycles. The molecule has 2 N–H and O–H groups in total. The largest absolute Gasteiger partial charge is 0.492 e. The molecule has 0 spiro atoms. The summed E-state index contributed by atoms with van der Waals surface area (Å²) in [7, 11) is 0. The molecule has 0 saturated carbocycles. The number of fused-ring (bicyclic) bond motifs is 2. The van der Waals surface area contributed by atoms with Crippen LogP contribution in [0.2, 0.25) is 0 Å². The van der Waals surface area contributed by atoms with E-state index in [1.807, 2.05) is 36.4 Å². The molecule has 0 radical (unpaired) electrons. The lowest BCUT2D eigenvalue weighted by atomic mass is 10.1. The highest BCUT2D eigenvalue weighted by molar-refractivity contribution is 5.96. The molecule has 194 valence electrons. The van der Waals surface area contributed by atoms with Crippen molar-refractivity contribution in [3.63, 3.8) is 0 Å². The summed E-state index contributed by atoms with van der Waals surface area (Å²) in [6, 6.07) is 14.4. The minimum absolute atomic E-state index is 0.360. The number of pyridine rings is 3. The van der Waals surface area contributed by atoms with E-state index in [0.29, 0.717) is 46.2 Å². The molecule has 0 aliphatic carbocycles. The van der Waals surface area contributed by atoms with Crippen LogP contribution in [0.1, 0.15) is 12.8 Å². The van der Waals surface area contributed by atoms with Crippen molar-refractivity contribution in [2.24, 2.45) is 0 Å². The van der Waals surface area contributed by atoms with Gasteiger partial charge >= 0.3 is 0 Å². The number of imidazole rings is 1. The first-order valence-electron chi connectivity index (χ1n) is 13.0. The number of H-pyrrole nitrogens is 2. The Morgan fingerprint density at radius 2 is 1.85 bits per heavy atom. The van der Waals surface area contributed by atoms with Crippen molar-refractivity contribution in [3.05, 3.63) is 72.9 Å². The van der Waals surface area contributed by atoms with Crippen LogP contribution in [0.4, 0.5) is 4.39 Å². The molecule has 1 aliphatic heterocycles. The first-order chi connectivity index (χ1) is 19.2. The maximum absolute atomic E-state index is 14.7. The third kappa shape index (κ3) is 4.59. The molecule has 5 aromatic heterocycles. The van der Waals surface area contributed by atoms with Crippen LogP contribution in [0.3, 0.4) is 0 Å². The Kier molecular flexibility index (Phi) is 5.93. The second-order valence-electron chi connectivity index (χ2n) is 9.62. The zero-order valence-corrected chi connectivity index (χ0v) is 21.1. The number of benzene rings is 1. The molecular weight excluding hydrogens is 495 g/mol. The van der Waals surface area contributed by atoms with Crippen LogP contribution in [0.5, 0.6) is 5.75 Å². The molecule has 0 bridgehead atoms. The predicted molar refractivity (Wildman–Crippen MR) is 147 cm³/mol. The molecule has 0 amide bonds. The summed E-state index contributed by atoms with van der Waals surface area (Å²) in [5.74, 6) is 0.702. The summed E-state index contributed by atoms with van der Waals surface area (Å²) >= 11 is 0. The Hall–Kier alpha value is -4.70. The van der Waals surface area contributed by atoms with Gasteiger partial charge in [-0.3, -0.25) is 15.0 Å². The quantitative estimate of drug-likeness (QED) is 0.296. The summed E-state index contributed by atoms with van der Waals surface area (Å²) in [5.41, 5.74) is 5.61. The van der Waals surface area contributed by atoms with Gasteiger partial charge in [0.2, 0.25) is 0 Å². The smallest absolute Gasteiger partial charge is 0.181 e. The van der Waals surface area contributed by atoms with E-state index < -0.39 is 0 Å². The molecular formula is C29H25FN8O. The minimum atomic E-state index is -0.360. The first kappa shape index (κ1) is 23.4. The number of likely N-dealkylation sites (tertiary alicyclic amines) is 1. The molecule has 7 rings (SSSR count). The average molecular weight is 521 g/mol. The minimum Gasteiger partial charge on any atom is -0.492 e. The summed E-state index contributed by atoms with van der Waals surface area (Å²) in [6.45, 7) is 3.55. The number of aromatic amines is 2. The molecule has 0 atom stereocenters. The Labute approximate surface area is 223 Å². The van der Waals surface area contributed by atoms with Gasteiger partial charge in [0.15, 0.2) is 17.1 Å². The summed E-state index contributed by atoms with van der Waals surface area (Å²) < 4.78 is 20.6. The van der Waals surface area contributed by atoms with E-state index >= 15 is 0 Å². The fourth-order valence-electron chi connectivity index (χ4n) is 5.12. The topological polar surface area (TPSA) is 108 Å². The lowest BCUT2D eigenvalue weighted by molar-refractivity contribution is 0.237. The van der Waals surface area contributed by atoms with Gasteiger partial charge < -0.3 is 9.72 Å². The predicted octanol–water partition coefficient (Wildman–Crippen LogP) is 5.24. The van der Waals surface area contributed by atoms with Crippen molar-refractivity contribution < 1.29 is 9.13 Å². The summed E-state index contributed by atoms with van der Waals surface area (Å²) in [4.78, 5) is 23.8. The van der Waals surface area contributed by atoms with Crippen LogP contribution in [-0.4, -0.2) is 66.3 Å². The van der Waals surface area contributed by atoms with Gasteiger partial charge in [-0.15, -0.1) is 0 Å². The monoisotopic (exact) mass is 520 g/mol. The third-order valence-corrected chi connectivity index (χ3v) is 7.06. The number of rotatable bonds is 7. The molecule has 6 heterocycles. The van der Waals surface area contributed by atoms with E-state index in [-0.39, 0.29) is 5.82 Å². The van der Waals surface area contributed by atoms with Crippen LogP contribution < -0.4 is 4.74 Å². The summed E-state index contributed by atoms with van der Waals surface area (Å²) in [5, 5.41) is 8.21. The number of nitrogens with one attached hydrogen (secondary N) is 2. The average Bonchev–Trinajstić information content (AvgIpc) is 3.72. The van der Waals surface area contributed by atoms with Crippen LogP contribution in [-0.2, 0) is 0 Å². The van der Waals surface area contributed by atoms with Gasteiger partial charge in [0, 0.05) is 42.3 Å². The molecule has 0 unspecified atom stereocenters. The van der Waals surface area contributed by atoms with Crippen molar-refractivity contribution in [1.29, 1.82) is 0 Å². The fraction of sp³-hybridized carbons (Fsp3) is 0.207. The van der Waals surface area contributed by atoms with E-state index in [9.17, 15) is 4.39 Å². The highest BCUT2D eigenvalue weighted by Crippen LogP contribution is 2.33. The number of hydrogen-bond donors (Lipinski definition) is 2. The highest BCUT2D eigenvalue weighted by Gasteiger charge is 2.18. The molecule has 10 heteroatoms. The van der Waals surface area contributed by atoms with Crippen molar-refractivity contribution in [2.45, 2.75) is 12.8 Å². The number of halogens is 1. The maximum atomic E-state index is 14.7. The number of nitrogens with zero attached hydrogens (tertiary/aromatic N) is 6. The van der Waals surface area contributed by atoms with Gasteiger partial charge in [-0.25, -0.2) is 19.3 Å². The Morgan fingerprint density at radius 3 is 2.72 bits per heavy atom. The van der Waals surface area contributed by atoms with Crippen molar-refractivity contribution >= 4 is 22.2 Å². The van der Waals surface area contributed by atoms with Crippen molar-refractivity contribution in [3.8, 4) is 39.7 Å². The van der Waals surface area contributed by atoms with Gasteiger partial charge in [0.25, 0.3) is 0 Å². The summed E-state index contributed by atoms with van der Waals surface area (Å²) in [6.07, 6.45) is 7.63. The van der Waals surface area contributed by atoms with Crippen molar-refractivity contribution in [2.75, 3.05) is 26.2 Å². The Bertz CT molecular complexity index is 1780. The van der Waals surface area contributed by atoms with Gasteiger partial charge in [-0.2, -0.15) is 5.10 Å². The molecule has 39 heavy (non-hydrogen) atoms. The van der Waals surface area contributed by atoms with Gasteiger partial charge in [0.1, 0.15) is 23.9 Å². The van der Waals surface area contributed by atoms with E-state index in [4.69, 9.17) is 9.72 Å². The molecule has 1 aromatic carbocycles. The number of aromatic nitrogens is 7. The number of hydrogen-bond acceptors (Lipinski definition) is 7. The van der Waals surface area contributed by atoms with E-state index in [1.165, 1.54) is 25.0 Å². The van der Waals surface area contributed by atoms with E-state index in [2.05, 4.69) is 35.0 Å². The van der Waals surface area contributed by atoms with Crippen molar-refractivity contribution in [1.82, 2.24) is 40.0 Å². The fourth-order valence-corrected chi connectivity index (χ4v) is 5.12. The maximum Gasteiger partial charge on any atom is 0.181 e. The second-order valence-corrected chi connectivity index (χ2v) is 9.62. The van der Waals surface area contributed by atoms with Crippen LogP contribution in [0.15, 0.2) is 67.1 Å². The van der Waals surface area contributed by atoms with Gasteiger partial charge in [0.05, 0.1) is 16.6 Å². The number of ether oxygens (including phenoxy) is 1. The van der Waals surface area contributed by atoms with Crippen LogP contribution in [0.25, 0.3) is 56.1 Å². The van der Waals surface area contributed by atoms with Gasteiger partial charge in [-0.05, 0) is 67.9 Å². The Morgan fingerprint density at radius 1 is 0.923 bits per heavy atom. The second kappa shape index (κ2) is 9.88. The molecule has 1 aliphatic rings. The van der Waals surface area contributed by atoms with E-state index in [1.54, 1.807) is 18.6 Å². The lowest BCUT2D eigenvalue weighted by Gasteiger charge is -2.15. The zero-order valence-electron chi connectivity index (χ0n) is 21.1. The SMILES string of the molecule is Fc1cc(OCCN2CCCC2)cc(-c2ccnc3nc(-c4[nH]nc5ncc(-c6ccccn6)cc45)[nH]c23)c1. The third-order valence-electron chi connectivity index (χ3n) is 7.06. The van der Waals surface area contributed by atoms with E-state index in [0.717, 1.165) is 41.8 Å². The Balaban J connectivity index is 1.23. The van der Waals surface area contributed by atoms with Gasteiger partial charge in [-0.1, -0.05) is 6.07 Å². The first-order valence-corrected chi connectivity index (χ1v) is 13.0. The lowest BCUT2D eigenvalue weighted by Crippen LogP contribution is -2.25. The standard InChI is InChI=1S/C29H25FN8O/c30-20-13-18(14-21(16-20)39-12-11-38-9-3-4-10-38)22-6-8-32-28-25(22)34-29(35-28)26-23-15-19(17-33-27(23)37-36-26)24-5-1-2-7-31-24/h1-2,5-8,13-17H,3-4,9-12H2,(H,32,34,35)(H,33,36,37). The normalized spacial score (nSPS) is 14.0. The highest BCUT2D eigenvalue weighted by atomic mass is 19.1. The van der Waals surface area contributed by atoms with Crippen LogP contribution in [0, 0.1) is 5.82 Å². The molecule has 1 fully saturated rings. The molecule has 6 aromatic rings.